The zero-order valence-electron chi connectivity index (χ0n) is 7.64. The van der Waals surface area contributed by atoms with E-state index in [-0.39, 0.29) is 11.1 Å². The van der Waals surface area contributed by atoms with E-state index >= 15 is 0 Å². The van der Waals surface area contributed by atoms with E-state index in [1.807, 2.05) is 0 Å². The molecular weight excluding hydrogens is 197 g/mol. The Morgan fingerprint density at radius 3 is 2.36 bits per heavy atom. The molecule has 0 saturated carbocycles. The molecule has 0 spiro atoms. The number of hydrogen-bond donors (Lipinski definition) is 1. The molecule has 0 fully saturated rings. The summed E-state index contributed by atoms with van der Waals surface area (Å²) in [6, 6.07) is 0.457. The summed E-state index contributed by atoms with van der Waals surface area (Å²) in [6.07, 6.45) is -1.11. The van der Waals surface area contributed by atoms with Gasteiger partial charge in [0.25, 0.3) is 0 Å². The van der Waals surface area contributed by atoms with Crippen LogP contribution in [0.2, 0.25) is 0 Å². The Balaban J connectivity index is 3.39. The van der Waals surface area contributed by atoms with Gasteiger partial charge in [0.2, 0.25) is 0 Å². The maximum atomic E-state index is 13.1. The van der Waals surface area contributed by atoms with E-state index in [9.17, 15) is 13.2 Å². The summed E-state index contributed by atoms with van der Waals surface area (Å²) >= 11 is 0. The lowest BCUT2D eigenvalue weighted by molar-refractivity contribution is -0.277. The van der Waals surface area contributed by atoms with Crippen molar-refractivity contribution in [2.45, 2.75) is 20.0 Å². The minimum atomic E-state index is -1.30. The van der Waals surface area contributed by atoms with Crippen LogP contribution in [0.5, 0.6) is 0 Å². The van der Waals surface area contributed by atoms with Gasteiger partial charge in [-0.3, -0.25) is 5.26 Å². The number of benzene rings is 1. The van der Waals surface area contributed by atoms with E-state index in [4.69, 9.17) is 5.26 Å². The van der Waals surface area contributed by atoms with Gasteiger partial charge in [-0.1, -0.05) is 0 Å². The summed E-state index contributed by atoms with van der Waals surface area (Å²) in [4.78, 5) is 3.83. The van der Waals surface area contributed by atoms with Crippen LogP contribution in [0.15, 0.2) is 6.07 Å². The number of rotatable bonds is 2. The second-order valence-corrected chi connectivity index (χ2v) is 2.94. The molecule has 5 heteroatoms. The summed E-state index contributed by atoms with van der Waals surface area (Å²) in [5, 5.41) is 8.31. The normalized spacial score (nSPS) is 13.0. The largest absolute Gasteiger partial charge is 0.251 e. The van der Waals surface area contributed by atoms with Crippen LogP contribution in [0.1, 0.15) is 24.2 Å². The zero-order valence-corrected chi connectivity index (χ0v) is 7.64. The third-order valence-corrected chi connectivity index (χ3v) is 2.03. The Kier molecular flexibility index (Phi) is 3.13. The van der Waals surface area contributed by atoms with Crippen molar-refractivity contribution in [1.82, 2.24) is 0 Å². The van der Waals surface area contributed by atoms with Crippen molar-refractivity contribution in [1.29, 1.82) is 0 Å². The van der Waals surface area contributed by atoms with E-state index in [0.29, 0.717) is 6.07 Å². The van der Waals surface area contributed by atoms with Crippen molar-refractivity contribution in [3.05, 3.63) is 34.6 Å². The first kappa shape index (κ1) is 11.0. The summed E-state index contributed by atoms with van der Waals surface area (Å²) in [5.41, 5.74) is -0.393. The van der Waals surface area contributed by atoms with Gasteiger partial charge >= 0.3 is 0 Å². The van der Waals surface area contributed by atoms with Gasteiger partial charge in [-0.25, -0.2) is 18.1 Å². The highest BCUT2D eigenvalue weighted by atomic mass is 19.2. The molecule has 2 nitrogen and oxygen atoms in total. The molecule has 0 heterocycles. The van der Waals surface area contributed by atoms with Gasteiger partial charge in [0.05, 0.1) is 0 Å². The SMILES string of the molecule is Cc1c(F)cc(F)c(F)c1C(C)OO. The van der Waals surface area contributed by atoms with Crippen molar-refractivity contribution >= 4 is 0 Å². The Labute approximate surface area is 78.9 Å². The van der Waals surface area contributed by atoms with Gasteiger partial charge < -0.3 is 0 Å². The lowest BCUT2D eigenvalue weighted by Gasteiger charge is -2.13. The fourth-order valence-corrected chi connectivity index (χ4v) is 1.24. The molecule has 78 valence electrons. The second-order valence-electron chi connectivity index (χ2n) is 2.94. The summed E-state index contributed by atoms with van der Waals surface area (Å²) in [6.45, 7) is 2.56. The Morgan fingerprint density at radius 1 is 1.29 bits per heavy atom. The lowest BCUT2D eigenvalue weighted by Crippen LogP contribution is -2.07. The first-order valence-electron chi connectivity index (χ1n) is 3.93. The van der Waals surface area contributed by atoms with Crippen molar-refractivity contribution in [2.75, 3.05) is 0 Å². The molecule has 1 N–H and O–H groups in total. The molecule has 0 bridgehead atoms. The zero-order chi connectivity index (χ0) is 10.9. The Bertz CT molecular complexity index is 326. The minimum Gasteiger partial charge on any atom is -0.251 e. The van der Waals surface area contributed by atoms with Crippen LogP contribution in [-0.2, 0) is 4.89 Å². The van der Waals surface area contributed by atoms with Crippen LogP contribution in [0.25, 0.3) is 0 Å². The van der Waals surface area contributed by atoms with E-state index in [1.54, 1.807) is 0 Å². The summed E-state index contributed by atoms with van der Waals surface area (Å²) in [7, 11) is 0. The third-order valence-electron chi connectivity index (χ3n) is 2.03. The average Bonchev–Trinajstić information content (AvgIpc) is 2.15. The standard InChI is InChI=1S/C9H9F3O2/c1-4-6(10)3-7(11)9(12)8(4)5(2)14-13/h3,5,13H,1-2H3. The van der Waals surface area contributed by atoms with Crippen molar-refractivity contribution in [3.8, 4) is 0 Å². The van der Waals surface area contributed by atoms with Gasteiger partial charge in [0.1, 0.15) is 11.9 Å². The molecule has 14 heavy (non-hydrogen) atoms. The van der Waals surface area contributed by atoms with E-state index in [2.05, 4.69) is 4.89 Å². The maximum absolute atomic E-state index is 13.1. The molecule has 1 aromatic rings. The first-order chi connectivity index (χ1) is 6.49. The topological polar surface area (TPSA) is 29.5 Å². The molecule has 1 atom stereocenters. The predicted molar refractivity (Wildman–Crippen MR) is 43.2 cm³/mol. The van der Waals surface area contributed by atoms with E-state index in [1.165, 1.54) is 13.8 Å². The molecule has 0 aliphatic heterocycles. The Morgan fingerprint density at radius 2 is 1.86 bits per heavy atom. The molecule has 1 rings (SSSR count). The van der Waals surface area contributed by atoms with Crippen molar-refractivity contribution in [2.24, 2.45) is 0 Å². The quantitative estimate of drug-likeness (QED) is 0.458. The minimum absolute atomic E-state index is 0.0783. The first-order valence-corrected chi connectivity index (χ1v) is 3.93. The van der Waals surface area contributed by atoms with Crippen LogP contribution >= 0.6 is 0 Å². The summed E-state index contributed by atoms with van der Waals surface area (Å²) in [5.74, 6) is -3.37. The van der Waals surface area contributed by atoms with Crippen LogP contribution in [-0.4, -0.2) is 5.26 Å². The van der Waals surface area contributed by atoms with Crippen LogP contribution < -0.4 is 0 Å². The highest BCUT2D eigenvalue weighted by Crippen LogP contribution is 2.27. The molecule has 0 saturated heterocycles. The van der Waals surface area contributed by atoms with Gasteiger partial charge in [0, 0.05) is 11.6 Å². The highest BCUT2D eigenvalue weighted by Gasteiger charge is 2.21. The van der Waals surface area contributed by atoms with Gasteiger partial charge in [-0.2, -0.15) is 0 Å². The molecule has 0 radical (unpaired) electrons. The predicted octanol–water partition coefficient (Wildman–Crippen LogP) is 2.96. The molecule has 1 unspecified atom stereocenters. The van der Waals surface area contributed by atoms with E-state index < -0.39 is 23.6 Å². The smallest absolute Gasteiger partial charge is 0.165 e. The molecule has 0 aromatic heterocycles. The second kappa shape index (κ2) is 3.98. The molecule has 0 aliphatic carbocycles. The molecular formula is C9H9F3O2. The Hall–Kier alpha value is -1.07. The monoisotopic (exact) mass is 206 g/mol. The lowest BCUT2D eigenvalue weighted by atomic mass is 10.0. The number of halogens is 3. The third kappa shape index (κ3) is 1.73. The van der Waals surface area contributed by atoms with Gasteiger partial charge in [-0.05, 0) is 19.4 Å². The molecule has 0 aliphatic rings. The van der Waals surface area contributed by atoms with Crippen LogP contribution in [0.4, 0.5) is 13.2 Å². The van der Waals surface area contributed by atoms with Crippen LogP contribution in [0, 0.1) is 24.4 Å². The molecule has 0 amide bonds. The maximum Gasteiger partial charge on any atom is 0.165 e. The van der Waals surface area contributed by atoms with Gasteiger partial charge in [0.15, 0.2) is 11.6 Å². The average molecular weight is 206 g/mol. The highest BCUT2D eigenvalue weighted by molar-refractivity contribution is 5.31. The van der Waals surface area contributed by atoms with Crippen molar-refractivity contribution < 1.29 is 23.3 Å². The fraction of sp³-hybridized carbons (Fsp3) is 0.333. The number of hydrogen-bond acceptors (Lipinski definition) is 2. The fourth-order valence-electron chi connectivity index (χ4n) is 1.24. The summed E-state index contributed by atoms with van der Waals surface area (Å²) < 4.78 is 38.9. The van der Waals surface area contributed by atoms with Crippen molar-refractivity contribution in [3.63, 3.8) is 0 Å². The van der Waals surface area contributed by atoms with Crippen LogP contribution in [0.3, 0.4) is 0 Å². The van der Waals surface area contributed by atoms with Gasteiger partial charge in [-0.15, -0.1) is 0 Å². The van der Waals surface area contributed by atoms with E-state index in [0.717, 1.165) is 0 Å². The molecule has 1 aromatic carbocycles.